The van der Waals surface area contributed by atoms with Crippen LogP contribution >= 0.6 is 0 Å². The van der Waals surface area contributed by atoms with E-state index in [1.54, 1.807) is 24.7 Å². The molecule has 2 bridgehead atoms. The number of fused-ring (bicyclic) bond motifs is 4. The van der Waals surface area contributed by atoms with Gasteiger partial charge in [-0.2, -0.15) is 0 Å². The summed E-state index contributed by atoms with van der Waals surface area (Å²) in [7, 11) is 0. The first-order valence-corrected chi connectivity index (χ1v) is 12.5. The molecule has 4 aliphatic rings. The number of amides is 2. The van der Waals surface area contributed by atoms with Gasteiger partial charge in [0.2, 0.25) is 11.9 Å². The Hall–Kier alpha value is -3.85. The van der Waals surface area contributed by atoms with Crippen LogP contribution in [0.15, 0.2) is 48.9 Å². The molecule has 1 aromatic carbocycles. The number of nitrogens with one attached hydrogen (secondary N) is 2. The van der Waals surface area contributed by atoms with E-state index in [0.717, 1.165) is 55.7 Å². The molecule has 2 amide bonds. The molecule has 182 valence electrons. The second-order valence-electron chi connectivity index (χ2n) is 10.4. The monoisotopic (exact) mass is 481 g/mol. The molecule has 3 aliphatic heterocycles. The molecule has 2 atom stereocenters. The van der Waals surface area contributed by atoms with Crippen molar-refractivity contribution in [1.29, 1.82) is 0 Å². The molecular weight excluding hydrogens is 454 g/mol. The second-order valence-corrected chi connectivity index (χ2v) is 10.4. The van der Waals surface area contributed by atoms with E-state index in [0.29, 0.717) is 29.4 Å². The lowest BCUT2D eigenvalue weighted by molar-refractivity contribution is -0.114. The number of rotatable bonds is 4. The van der Waals surface area contributed by atoms with Gasteiger partial charge < -0.3 is 20.4 Å². The third-order valence-electron chi connectivity index (χ3n) is 7.99. The van der Waals surface area contributed by atoms with Crippen LogP contribution in [0.1, 0.15) is 42.1 Å². The number of benzene rings is 1. The van der Waals surface area contributed by atoms with Crippen molar-refractivity contribution in [1.82, 2.24) is 25.2 Å². The highest BCUT2D eigenvalue weighted by Crippen LogP contribution is 2.57. The highest BCUT2D eigenvalue weighted by atomic mass is 16.2. The van der Waals surface area contributed by atoms with Gasteiger partial charge in [-0.25, -0.2) is 9.97 Å². The number of hydrogen-bond donors (Lipinski definition) is 2. The van der Waals surface area contributed by atoms with Crippen molar-refractivity contribution >= 4 is 29.1 Å². The van der Waals surface area contributed by atoms with Crippen LogP contribution in [-0.2, 0) is 10.2 Å². The number of anilines is 3. The van der Waals surface area contributed by atoms with Crippen LogP contribution in [0.3, 0.4) is 0 Å². The summed E-state index contributed by atoms with van der Waals surface area (Å²) in [5.74, 6) is 0.605. The van der Waals surface area contributed by atoms with Crippen molar-refractivity contribution in [3.05, 3.63) is 60.0 Å². The molecule has 5 heterocycles. The second kappa shape index (κ2) is 7.83. The van der Waals surface area contributed by atoms with Gasteiger partial charge in [-0.3, -0.25) is 14.6 Å². The van der Waals surface area contributed by atoms with E-state index in [2.05, 4.69) is 36.6 Å². The highest BCUT2D eigenvalue weighted by molar-refractivity contribution is 5.96. The van der Waals surface area contributed by atoms with Crippen molar-refractivity contribution in [2.24, 2.45) is 0 Å². The van der Waals surface area contributed by atoms with Gasteiger partial charge >= 0.3 is 0 Å². The molecule has 2 N–H and O–H groups in total. The fraction of sp³-hybridized carbons (Fsp3) is 0.370. The van der Waals surface area contributed by atoms with E-state index in [9.17, 15) is 9.59 Å². The van der Waals surface area contributed by atoms with Gasteiger partial charge in [0.1, 0.15) is 0 Å². The van der Waals surface area contributed by atoms with E-state index in [1.807, 2.05) is 23.1 Å². The number of hydrogen-bond acceptors (Lipinski definition) is 7. The molecular formula is C27H27N7O2. The van der Waals surface area contributed by atoms with Crippen molar-refractivity contribution in [3.63, 3.8) is 0 Å². The average molecular weight is 482 g/mol. The number of likely N-dealkylation sites (tertiary alicyclic amines) is 1. The lowest BCUT2D eigenvalue weighted by Gasteiger charge is -2.28. The Morgan fingerprint density at radius 1 is 1.11 bits per heavy atom. The molecule has 0 radical (unpaired) electrons. The van der Waals surface area contributed by atoms with Gasteiger partial charge in [0.05, 0.1) is 5.69 Å². The van der Waals surface area contributed by atoms with E-state index < -0.39 is 0 Å². The van der Waals surface area contributed by atoms with Gasteiger partial charge in [-0.15, -0.1) is 0 Å². The van der Waals surface area contributed by atoms with E-state index >= 15 is 0 Å². The van der Waals surface area contributed by atoms with Crippen LogP contribution in [0.4, 0.5) is 17.3 Å². The predicted octanol–water partition coefficient (Wildman–Crippen LogP) is 2.87. The molecule has 3 fully saturated rings. The first kappa shape index (κ1) is 21.4. The van der Waals surface area contributed by atoms with Crippen LogP contribution in [0.5, 0.6) is 0 Å². The minimum Gasteiger partial charge on any atom is -0.333 e. The molecule has 0 unspecified atom stereocenters. The zero-order valence-corrected chi connectivity index (χ0v) is 20.1. The molecule has 3 aromatic rings. The van der Waals surface area contributed by atoms with Gasteiger partial charge in [0, 0.05) is 85.1 Å². The topological polar surface area (TPSA) is 103 Å². The third kappa shape index (κ3) is 3.45. The van der Waals surface area contributed by atoms with Crippen molar-refractivity contribution in [2.45, 2.75) is 43.7 Å². The summed E-state index contributed by atoms with van der Waals surface area (Å²) in [6.45, 7) is 3.98. The highest BCUT2D eigenvalue weighted by Gasteiger charge is 2.52. The molecule has 1 spiro atoms. The maximum atomic E-state index is 13.4. The minimum absolute atomic E-state index is 0.116. The molecule has 2 saturated heterocycles. The first-order valence-electron chi connectivity index (χ1n) is 12.5. The Bertz CT molecular complexity index is 1390. The third-order valence-corrected chi connectivity index (χ3v) is 7.99. The summed E-state index contributed by atoms with van der Waals surface area (Å²) in [6, 6.07) is 10.5. The molecule has 9 heteroatoms. The fourth-order valence-corrected chi connectivity index (χ4v) is 6.00. The van der Waals surface area contributed by atoms with Crippen LogP contribution in [0.25, 0.3) is 11.3 Å². The minimum atomic E-state index is -0.132. The zero-order chi connectivity index (χ0) is 24.4. The first-order chi connectivity index (χ1) is 17.5. The lowest BCUT2D eigenvalue weighted by Crippen LogP contribution is -2.46. The average Bonchev–Trinajstić information content (AvgIpc) is 3.21. The number of carbonyl (C=O) groups is 2. The summed E-state index contributed by atoms with van der Waals surface area (Å²) in [5, 5.41) is 6.25. The van der Waals surface area contributed by atoms with Crippen LogP contribution in [-0.4, -0.2) is 63.4 Å². The van der Waals surface area contributed by atoms with Crippen molar-refractivity contribution in [2.75, 3.05) is 29.9 Å². The van der Waals surface area contributed by atoms with Gasteiger partial charge in [0.25, 0.3) is 5.91 Å². The SMILES string of the molecule is CC(=O)Nc1ccnc(-c2cnc(N3CC4(CC4)c4ccc(C(=O)N5C[C@@H]6C[C@H]5CN6)cc43)nc2)c1. The Morgan fingerprint density at radius 2 is 1.94 bits per heavy atom. The number of nitrogens with zero attached hydrogens (tertiary/aromatic N) is 5. The van der Waals surface area contributed by atoms with Crippen LogP contribution in [0.2, 0.25) is 0 Å². The van der Waals surface area contributed by atoms with Gasteiger partial charge in [-0.1, -0.05) is 6.07 Å². The van der Waals surface area contributed by atoms with Crippen LogP contribution in [0, 0.1) is 0 Å². The van der Waals surface area contributed by atoms with Crippen molar-refractivity contribution in [3.8, 4) is 11.3 Å². The van der Waals surface area contributed by atoms with Gasteiger partial charge in [-0.05, 0) is 49.1 Å². The number of aromatic nitrogens is 3. The smallest absolute Gasteiger partial charge is 0.254 e. The van der Waals surface area contributed by atoms with Gasteiger partial charge in [0.15, 0.2) is 0 Å². The summed E-state index contributed by atoms with van der Waals surface area (Å²) >= 11 is 0. The lowest BCUT2D eigenvalue weighted by atomic mass is 9.97. The molecule has 2 aromatic heterocycles. The normalized spacial score (nSPS) is 22.7. The molecule has 7 rings (SSSR count). The Kier molecular flexibility index (Phi) is 4.66. The van der Waals surface area contributed by atoms with E-state index in [4.69, 9.17) is 0 Å². The quantitative estimate of drug-likeness (QED) is 0.591. The largest absolute Gasteiger partial charge is 0.333 e. The fourth-order valence-electron chi connectivity index (χ4n) is 6.00. The number of pyridine rings is 1. The molecule has 1 saturated carbocycles. The maximum Gasteiger partial charge on any atom is 0.254 e. The molecule has 36 heavy (non-hydrogen) atoms. The molecule has 9 nitrogen and oxygen atoms in total. The summed E-state index contributed by atoms with van der Waals surface area (Å²) in [5.41, 5.74) is 5.35. The molecule has 1 aliphatic carbocycles. The summed E-state index contributed by atoms with van der Waals surface area (Å²) < 4.78 is 0. The summed E-state index contributed by atoms with van der Waals surface area (Å²) in [6.07, 6.45) is 8.52. The Labute approximate surface area is 209 Å². The van der Waals surface area contributed by atoms with E-state index in [1.165, 1.54) is 12.5 Å². The van der Waals surface area contributed by atoms with Crippen LogP contribution < -0.4 is 15.5 Å². The summed E-state index contributed by atoms with van der Waals surface area (Å²) in [4.78, 5) is 42.7. The number of piperazine rings is 1. The Morgan fingerprint density at radius 3 is 2.64 bits per heavy atom. The predicted molar refractivity (Wildman–Crippen MR) is 135 cm³/mol. The van der Waals surface area contributed by atoms with E-state index in [-0.39, 0.29) is 17.2 Å². The van der Waals surface area contributed by atoms with Crippen molar-refractivity contribution < 1.29 is 9.59 Å². The Balaban J connectivity index is 1.18. The number of carbonyl (C=O) groups excluding carboxylic acids is 2. The zero-order valence-electron chi connectivity index (χ0n) is 20.1. The standard InChI is InChI=1S/C27H27N7O2/c1-16(35)32-19-4-7-28-23(10-19)18-11-30-26(31-12-18)34-15-27(5-6-27)22-3-2-17(8-24(22)34)25(36)33-14-20-9-21(33)13-29-20/h2-4,7-8,10-12,20-21,29H,5-6,9,13-15H2,1H3,(H,28,32,35)/t20-,21-/m0/s1. The maximum absolute atomic E-state index is 13.4.